The van der Waals surface area contributed by atoms with Gasteiger partial charge in [-0.15, -0.1) is 0 Å². The third kappa shape index (κ3) is 3.37. The number of amides is 1. The predicted octanol–water partition coefficient (Wildman–Crippen LogP) is 2.93. The van der Waals surface area contributed by atoms with Crippen LogP contribution in [-0.4, -0.2) is 32.3 Å². The van der Waals surface area contributed by atoms with E-state index in [4.69, 9.17) is 10.7 Å². The highest BCUT2D eigenvalue weighted by Gasteiger charge is 2.29. The minimum absolute atomic E-state index is 0.187. The minimum atomic E-state index is -4.01. The van der Waals surface area contributed by atoms with Gasteiger partial charge in [0.05, 0.1) is 10.5 Å². The van der Waals surface area contributed by atoms with Crippen LogP contribution in [0, 0.1) is 18.7 Å². The smallest absolute Gasteiger partial charge is 0.261 e. The molecule has 1 aliphatic rings. The number of nitrogens with zero attached hydrogens (tertiary/aromatic N) is 1. The molecule has 0 spiro atoms. The van der Waals surface area contributed by atoms with Crippen molar-refractivity contribution in [1.82, 2.24) is 4.90 Å². The van der Waals surface area contributed by atoms with Gasteiger partial charge in [-0.25, -0.2) is 12.8 Å². The SMILES string of the molecule is CCC1CCN(C(=O)c2cc(S(=O)(=O)Cl)c(C)cc2F)C1. The monoisotopic (exact) mass is 333 g/mol. The first-order chi connectivity index (χ1) is 9.74. The number of likely N-dealkylation sites (tertiary alicyclic amines) is 1. The summed E-state index contributed by atoms with van der Waals surface area (Å²) in [6, 6.07) is 2.07. The molecular formula is C14H17ClFNO3S. The Morgan fingerprint density at radius 2 is 2.14 bits per heavy atom. The van der Waals surface area contributed by atoms with E-state index in [1.54, 1.807) is 4.90 Å². The van der Waals surface area contributed by atoms with Gasteiger partial charge in [-0.2, -0.15) is 0 Å². The molecule has 0 N–H and O–H groups in total. The first-order valence-electron chi connectivity index (χ1n) is 6.78. The van der Waals surface area contributed by atoms with Crippen LogP contribution >= 0.6 is 10.7 Å². The Morgan fingerprint density at radius 3 is 2.67 bits per heavy atom. The molecule has 1 atom stereocenters. The zero-order valence-electron chi connectivity index (χ0n) is 11.9. The average Bonchev–Trinajstić information content (AvgIpc) is 2.85. The summed E-state index contributed by atoms with van der Waals surface area (Å²) in [5.41, 5.74) is -0.0523. The van der Waals surface area contributed by atoms with E-state index >= 15 is 0 Å². The van der Waals surface area contributed by atoms with Crippen molar-refractivity contribution in [3.8, 4) is 0 Å². The fourth-order valence-electron chi connectivity index (χ4n) is 2.60. The van der Waals surface area contributed by atoms with E-state index in [-0.39, 0.29) is 16.0 Å². The molecule has 0 aliphatic carbocycles. The van der Waals surface area contributed by atoms with Gasteiger partial charge in [-0.3, -0.25) is 4.79 Å². The maximum atomic E-state index is 14.0. The summed E-state index contributed by atoms with van der Waals surface area (Å²) >= 11 is 0. The summed E-state index contributed by atoms with van der Waals surface area (Å²) < 4.78 is 37.0. The van der Waals surface area contributed by atoms with E-state index in [9.17, 15) is 17.6 Å². The van der Waals surface area contributed by atoms with Gasteiger partial charge in [0.25, 0.3) is 15.0 Å². The largest absolute Gasteiger partial charge is 0.338 e. The zero-order valence-corrected chi connectivity index (χ0v) is 13.5. The number of hydrogen-bond donors (Lipinski definition) is 0. The lowest BCUT2D eigenvalue weighted by atomic mass is 10.1. The number of rotatable bonds is 3. The summed E-state index contributed by atoms with van der Waals surface area (Å²) in [5, 5.41) is 0. The van der Waals surface area contributed by atoms with Gasteiger partial charge in [-0.05, 0) is 37.0 Å². The standard InChI is InChI=1S/C14H17ClFNO3S/c1-3-10-4-5-17(8-10)14(18)11-7-13(21(15,19)20)9(2)6-12(11)16/h6-7,10H,3-5,8H2,1-2H3. The summed E-state index contributed by atoms with van der Waals surface area (Å²) in [6.07, 6.45) is 1.85. The van der Waals surface area contributed by atoms with Crippen molar-refractivity contribution in [1.29, 1.82) is 0 Å². The zero-order chi connectivity index (χ0) is 15.8. The quantitative estimate of drug-likeness (QED) is 0.799. The Hall–Kier alpha value is -1.14. The van der Waals surface area contributed by atoms with Gasteiger partial charge in [-0.1, -0.05) is 13.3 Å². The Labute approximate surface area is 128 Å². The normalized spacial score (nSPS) is 19.0. The van der Waals surface area contributed by atoms with E-state index in [2.05, 4.69) is 0 Å². The van der Waals surface area contributed by atoms with Crippen molar-refractivity contribution in [3.63, 3.8) is 0 Å². The fraction of sp³-hybridized carbons (Fsp3) is 0.500. The summed E-state index contributed by atoms with van der Waals surface area (Å²) in [4.78, 5) is 13.7. The van der Waals surface area contributed by atoms with Crippen LogP contribution < -0.4 is 0 Å². The van der Waals surface area contributed by atoms with Crippen molar-refractivity contribution in [2.24, 2.45) is 5.92 Å². The lowest BCUT2D eigenvalue weighted by Gasteiger charge is -2.17. The van der Waals surface area contributed by atoms with Gasteiger partial charge in [0.15, 0.2) is 0 Å². The Kier molecular flexibility index (Phi) is 4.58. The highest BCUT2D eigenvalue weighted by molar-refractivity contribution is 8.13. The Bertz CT molecular complexity index is 675. The minimum Gasteiger partial charge on any atom is -0.338 e. The molecule has 1 heterocycles. The third-order valence-corrected chi connectivity index (χ3v) is 5.37. The average molecular weight is 334 g/mol. The molecule has 1 amide bonds. The molecule has 1 aromatic carbocycles. The van der Waals surface area contributed by atoms with E-state index in [1.807, 2.05) is 6.92 Å². The second kappa shape index (κ2) is 5.93. The Balaban J connectivity index is 2.38. The highest BCUT2D eigenvalue weighted by atomic mass is 35.7. The van der Waals surface area contributed by atoms with Crippen LogP contribution in [0.1, 0.15) is 35.7 Å². The molecule has 21 heavy (non-hydrogen) atoms. The van der Waals surface area contributed by atoms with Crippen LogP contribution in [0.25, 0.3) is 0 Å². The maximum Gasteiger partial charge on any atom is 0.261 e. The molecule has 1 aromatic rings. The van der Waals surface area contributed by atoms with Crippen LogP contribution in [-0.2, 0) is 9.05 Å². The lowest BCUT2D eigenvalue weighted by Crippen LogP contribution is -2.29. The molecule has 2 rings (SSSR count). The number of aryl methyl sites for hydroxylation is 1. The fourth-order valence-corrected chi connectivity index (χ4v) is 3.80. The van der Waals surface area contributed by atoms with Crippen LogP contribution in [0.2, 0.25) is 0 Å². The lowest BCUT2D eigenvalue weighted by molar-refractivity contribution is 0.0782. The molecular weight excluding hydrogens is 317 g/mol. The number of hydrogen-bond acceptors (Lipinski definition) is 3. The summed E-state index contributed by atoms with van der Waals surface area (Å²) in [7, 11) is 1.31. The molecule has 0 bridgehead atoms. The van der Waals surface area contributed by atoms with Crippen LogP contribution in [0.15, 0.2) is 17.0 Å². The van der Waals surface area contributed by atoms with Crippen molar-refractivity contribution in [2.75, 3.05) is 13.1 Å². The van der Waals surface area contributed by atoms with Crippen molar-refractivity contribution in [2.45, 2.75) is 31.6 Å². The number of carbonyl (C=O) groups excluding carboxylic acids is 1. The molecule has 1 fully saturated rings. The predicted molar refractivity (Wildman–Crippen MR) is 78.5 cm³/mol. The van der Waals surface area contributed by atoms with E-state index in [0.29, 0.717) is 19.0 Å². The first-order valence-corrected chi connectivity index (χ1v) is 9.09. The third-order valence-electron chi connectivity index (χ3n) is 3.91. The van der Waals surface area contributed by atoms with Crippen LogP contribution in [0.5, 0.6) is 0 Å². The van der Waals surface area contributed by atoms with E-state index in [1.165, 1.54) is 6.92 Å². The first kappa shape index (κ1) is 16.2. The van der Waals surface area contributed by atoms with Crippen molar-refractivity contribution < 1.29 is 17.6 Å². The molecule has 4 nitrogen and oxygen atoms in total. The molecule has 116 valence electrons. The van der Waals surface area contributed by atoms with Gasteiger partial charge in [0.2, 0.25) is 0 Å². The topological polar surface area (TPSA) is 54.5 Å². The number of halogens is 2. The Morgan fingerprint density at radius 1 is 1.48 bits per heavy atom. The molecule has 1 unspecified atom stereocenters. The van der Waals surface area contributed by atoms with Gasteiger partial charge < -0.3 is 4.90 Å². The highest BCUT2D eigenvalue weighted by Crippen LogP contribution is 2.26. The molecule has 1 saturated heterocycles. The second-order valence-electron chi connectivity index (χ2n) is 5.35. The van der Waals surface area contributed by atoms with Gasteiger partial charge >= 0.3 is 0 Å². The molecule has 0 radical (unpaired) electrons. The summed E-state index contributed by atoms with van der Waals surface area (Å²) in [6.45, 7) is 4.62. The molecule has 1 aliphatic heterocycles. The van der Waals surface area contributed by atoms with Gasteiger partial charge in [0, 0.05) is 23.8 Å². The van der Waals surface area contributed by atoms with Crippen LogP contribution in [0.4, 0.5) is 4.39 Å². The molecule has 0 saturated carbocycles. The molecule has 0 aromatic heterocycles. The maximum absolute atomic E-state index is 14.0. The van der Waals surface area contributed by atoms with Gasteiger partial charge in [0.1, 0.15) is 5.82 Å². The second-order valence-corrected chi connectivity index (χ2v) is 7.88. The molecule has 7 heteroatoms. The number of benzene rings is 1. The summed E-state index contributed by atoms with van der Waals surface area (Å²) in [5.74, 6) is -0.787. The van der Waals surface area contributed by atoms with E-state index in [0.717, 1.165) is 25.0 Å². The van der Waals surface area contributed by atoms with Crippen molar-refractivity contribution in [3.05, 3.63) is 29.1 Å². The van der Waals surface area contributed by atoms with Crippen LogP contribution in [0.3, 0.4) is 0 Å². The van der Waals surface area contributed by atoms with E-state index < -0.39 is 20.8 Å². The van der Waals surface area contributed by atoms with Crippen molar-refractivity contribution >= 4 is 25.6 Å². The number of carbonyl (C=O) groups is 1.